The monoisotopic (exact) mass is 350 g/mol. The number of hydrogen-bond acceptors (Lipinski definition) is 8. The van der Waals surface area contributed by atoms with Crippen LogP contribution in [0.25, 0.3) is 22.6 Å². The summed E-state index contributed by atoms with van der Waals surface area (Å²) in [6, 6.07) is 3.74. The molecule has 9 heteroatoms. The summed E-state index contributed by atoms with van der Waals surface area (Å²) in [6.45, 7) is 3.82. The molecule has 0 aromatic carbocycles. The number of aromatic nitrogens is 7. The average molecular weight is 350 g/mol. The van der Waals surface area contributed by atoms with Crippen LogP contribution in [0.4, 0.5) is 5.82 Å². The first-order chi connectivity index (χ1) is 12.1. The Labute approximate surface area is 147 Å². The van der Waals surface area contributed by atoms with E-state index in [4.69, 9.17) is 5.73 Å². The minimum absolute atomic E-state index is 0.306. The molecule has 4 aromatic rings. The molecule has 0 atom stereocenters. The van der Waals surface area contributed by atoms with Crippen molar-refractivity contribution in [2.45, 2.75) is 24.0 Å². The lowest BCUT2D eigenvalue weighted by atomic mass is 10.3. The van der Waals surface area contributed by atoms with Crippen molar-refractivity contribution in [1.29, 1.82) is 0 Å². The van der Waals surface area contributed by atoms with Gasteiger partial charge in [-0.05, 0) is 37.7 Å². The second kappa shape index (κ2) is 6.10. The summed E-state index contributed by atoms with van der Waals surface area (Å²) in [4.78, 5) is 29.3. The number of nitrogens with one attached hydrogen (secondary N) is 1. The van der Waals surface area contributed by atoms with Gasteiger partial charge in [0.1, 0.15) is 16.2 Å². The normalized spacial score (nSPS) is 11.1. The molecule has 4 rings (SSSR count). The van der Waals surface area contributed by atoms with E-state index in [1.165, 1.54) is 11.8 Å². The summed E-state index contributed by atoms with van der Waals surface area (Å²) in [5.41, 5.74) is 9.70. The Balaban J connectivity index is 1.72. The van der Waals surface area contributed by atoms with E-state index < -0.39 is 0 Å². The first-order valence-corrected chi connectivity index (χ1v) is 8.33. The van der Waals surface area contributed by atoms with E-state index >= 15 is 0 Å². The fourth-order valence-electron chi connectivity index (χ4n) is 2.24. The maximum atomic E-state index is 6.10. The second-order valence-corrected chi connectivity index (χ2v) is 6.48. The van der Waals surface area contributed by atoms with Gasteiger partial charge < -0.3 is 10.7 Å². The van der Waals surface area contributed by atoms with Crippen LogP contribution in [0.5, 0.6) is 0 Å². The maximum Gasteiger partial charge on any atom is 0.182 e. The number of imidazole rings is 1. The van der Waals surface area contributed by atoms with Crippen LogP contribution in [0, 0.1) is 13.8 Å². The van der Waals surface area contributed by atoms with Crippen LogP contribution >= 0.6 is 11.8 Å². The molecule has 0 unspecified atom stereocenters. The van der Waals surface area contributed by atoms with Gasteiger partial charge in [0.25, 0.3) is 0 Å². The Bertz CT molecular complexity index is 1060. The zero-order valence-electron chi connectivity index (χ0n) is 13.6. The summed E-state index contributed by atoms with van der Waals surface area (Å²) in [7, 11) is 0. The van der Waals surface area contributed by atoms with Crippen LogP contribution in [0.2, 0.25) is 0 Å². The maximum absolute atomic E-state index is 6.10. The molecule has 0 saturated carbocycles. The predicted molar refractivity (Wildman–Crippen MR) is 95.0 cm³/mol. The lowest BCUT2D eigenvalue weighted by Crippen LogP contribution is -2.01. The van der Waals surface area contributed by atoms with Gasteiger partial charge in [0.15, 0.2) is 16.8 Å². The summed E-state index contributed by atoms with van der Waals surface area (Å²) in [5, 5.41) is 1.54. The highest BCUT2D eigenvalue weighted by molar-refractivity contribution is 7.99. The van der Waals surface area contributed by atoms with Gasteiger partial charge in [-0.1, -0.05) is 0 Å². The van der Waals surface area contributed by atoms with E-state index in [1.807, 2.05) is 26.0 Å². The van der Waals surface area contributed by atoms with Gasteiger partial charge in [-0.2, -0.15) is 0 Å². The summed E-state index contributed by atoms with van der Waals surface area (Å²) in [5.74, 6) is 0.738. The third kappa shape index (κ3) is 3.13. The number of rotatable bonds is 3. The number of nitrogen functional groups attached to an aromatic ring is 1. The number of anilines is 1. The standard InChI is InChI=1S/C16H14N8S/c1-8-5-19-11(7-18-8)15-22-10-3-4-12(23-13(10)14(17)24-15)25-16-20-6-9(2)21-16/h3-7H,1-2H3,(H,20,21)(H2,17,22,24). The molecule has 124 valence electrons. The molecule has 3 N–H and O–H groups in total. The molecule has 0 aliphatic heterocycles. The number of aryl methyl sites for hydroxylation is 2. The Morgan fingerprint density at radius 2 is 1.84 bits per heavy atom. The van der Waals surface area contributed by atoms with Gasteiger partial charge >= 0.3 is 0 Å². The molecule has 0 saturated heterocycles. The number of nitrogens with zero attached hydrogens (tertiary/aromatic N) is 6. The summed E-state index contributed by atoms with van der Waals surface area (Å²) in [6.07, 6.45) is 5.07. The Morgan fingerprint density at radius 3 is 2.56 bits per heavy atom. The number of pyridine rings is 1. The first kappa shape index (κ1) is 15.5. The lowest BCUT2D eigenvalue weighted by Gasteiger charge is -2.06. The summed E-state index contributed by atoms with van der Waals surface area (Å²) < 4.78 is 0. The van der Waals surface area contributed by atoms with Crippen molar-refractivity contribution in [1.82, 2.24) is 34.9 Å². The van der Waals surface area contributed by atoms with E-state index in [9.17, 15) is 0 Å². The molecule has 0 spiro atoms. The molecule has 8 nitrogen and oxygen atoms in total. The van der Waals surface area contributed by atoms with E-state index in [-0.39, 0.29) is 0 Å². The van der Waals surface area contributed by atoms with Gasteiger partial charge in [0.05, 0.1) is 17.4 Å². The van der Waals surface area contributed by atoms with Gasteiger partial charge in [-0.15, -0.1) is 0 Å². The smallest absolute Gasteiger partial charge is 0.182 e. The fraction of sp³-hybridized carbons (Fsp3) is 0.125. The van der Waals surface area contributed by atoms with Crippen molar-refractivity contribution in [3.8, 4) is 11.5 Å². The van der Waals surface area contributed by atoms with Crippen molar-refractivity contribution in [3.63, 3.8) is 0 Å². The van der Waals surface area contributed by atoms with Crippen LogP contribution in [0.15, 0.2) is 40.9 Å². The first-order valence-electron chi connectivity index (χ1n) is 7.51. The van der Waals surface area contributed by atoms with Crippen LogP contribution in [0.3, 0.4) is 0 Å². The quantitative estimate of drug-likeness (QED) is 0.578. The Morgan fingerprint density at radius 1 is 0.960 bits per heavy atom. The highest BCUT2D eigenvalue weighted by Gasteiger charge is 2.12. The van der Waals surface area contributed by atoms with Crippen LogP contribution in [-0.4, -0.2) is 34.9 Å². The highest BCUT2D eigenvalue weighted by atomic mass is 32.2. The molecule has 0 bridgehead atoms. The van der Waals surface area contributed by atoms with Gasteiger partial charge in [0.2, 0.25) is 0 Å². The summed E-state index contributed by atoms with van der Waals surface area (Å²) >= 11 is 1.42. The molecule has 4 heterocycles. The second-order valence-electron chi connectivity index (χ2n) is 5.47. The van der Waals surface area contributed by atoms with Crippen molar-refractivity contribution in [2.24, 2.45) is 0 Å². The van der Waals surface area contributed by atoms with E-state index in [0.717, 1.165) is 21.6 Å². The molecule has 0 amide bonds. The molecule has 25 heavy (non-hydrogen) atoms. The number of nitrogens with two attached hydrogens (primary N) is 1. The Hall–Kier alpha value is -3.07. The van der Waals surface area contributed by atoms with Crippen molar-refractivity contribution < 1.29 is 0 Å². The molecule has 0 aliphatic carbocycles. The van der Waals surface area contributed by atoms with Gasteiger partial charge in [-0.3, -0.25) is 4.98 Å². The molecule has 0 aliphatic rings. The van der Waals surface area contributed by atoms with Crippen LogP contribution < -0.4 is 5.73 Å². The average Bonchev–Trinajstić information content (AvgIpc) is 3.01. The zero-order chi connectivity index (χ0) is 17.4. The third-order valence-electron chi connectivity index (χ3n) is 3.43. The highest BCUT2D eigenvalue weighted by Crippen LogP contribution is 2.27. The Kier molecular flexibility index (Phi) is 3.77. The molecular weight excluding hydrogens is 336 g/mol. The number of H-pyrrole nitrogens is 1. The topological polar surface area (TPSA) is 119 Å². The minimum Gasteiger partial charge on any atom is -0.382 e. The number of hydrogen-bond donors (Lipinski definition) is 2. The van der Waals surface area contributed by atoms with Crippen molar-refractivity contribution in [2.75, 3.05) is 5.73 Å². The molecular formula is C16H14N8S. The van der Waals surface area contributed by atoms with E-state index in [1.54, 1.807) is 18.6 Å². The largest absolute Gasteiger partial charge is 0.382 e. The lowest BCUT2D eigenvalue weighted by molar-refractivity contribution is 1.03. The SMILES string of the molecule is Cc1cnc(-c2nc(N)c3nc(Sc4ncc(C)[nH]4)ccc3n2)cn1. The predicted octanol–water partition coefficient (Wildman–Crippen LogP) is 2.56. The molecule has 0 fully saturated rings. The van der Waals surface area contributed by atoms with Gasteiger partial charge in [0, 0.05) is 18.1 Å². The van der Waals surface area contributed by atoms with Gasteiger partial charge in [-0.25, -0.2) is 24.9 Å². The fourth-order valence-corrected chi connectivity index (χ4v) is 3.03. The number of fused-ring (bicyclic) bond motifs is 1. The third-order valence-corrected chi connectivity index (χ3v) is 4.27. The van der Waals surface area contributed by atoms with Crippen molar-refractivity contribution >= 4 is 28.6 Å². The minimum atomic E-state index is 0.306. The zero-order valence-corrected chi connectivity index (χ0v) is 14.4. The van der Waals surface area contributed by atoms with Crippen LogP contribution in [0.1, 0.15) is 11.4 Å². The van der Waals surface area contributed by atoms with Crippen molar-refractivity contribution in [3.05, 3.63) is 42.1 Å². The molecule has 4 aromatic heterocycles. The van der Waals surface area contributed by atoms with E-state index in [0.29, 0.717) is 28.4 Å². The number of aromatic amines is 1. The molecule has 0 radical (unpaired) electrons. The van der Waals surface area contributed by atoms with E-state index in [2.05, 4.69) is 34.9 Å². The van der Waals surface area contributed by atoms with Crippen LogP contribution in [-0.2, 0) is 0 Å².